The van der Waals surface area contributed by atoms with Crippen LogP contribution >= 0.6 is 15.9 Å². The predicted molar refractivity (Wildman–Crippen MR) is 43.9 cm³/mol. The number of esters is 1. The van der Waals surface area contributed by atoms with Crippen molar-refractivity contribution in [1.29, 1.82) is 0 Å². The van der Waals surface area contributed by atoms with Gasteiger partial charge < -0.3 is 4.74 Å². The van der Waals surface area contributed by atoms with Crippen LogP contribution < -0.4 is 0 Å². The number of allylic oxidation sites excluding steroid dienone is 2. The van der Waals surface area contributed by atoms with E-state index in [0.717, 1.165) is 11.8 Å². The maximum Gasteiger partial charge on any atom is 0.307 e. The molecule has 0 aliphatic heterocycles. The standard InChI is InChI=1S/C7H11BrO2/c1-6(4-3-5-8)10-7(2)9/h4H,3,5H2,1-2H3/b6-4+. The number of ether oxygens (including phenoxy) is 1. The van der Waals surface area contributed by atoms with E-state index < -0.39 is 0 Å². The molecule has 0 aromatic rings. The molecule has 0 atom stereocenters. The van der Waals surface area contributed by atoms with Crippen LogP contribution in [0.3, 0.4) is 0 Å². The molecule has 2 nitrogen and oxygen atoms in total. The normalized spacial score (nSPS) is 11.3. The van der Waals surface area contributed by atoms with E-state index in [0.29, 0.717) is 5.76 Å². The summed E-state index contributed by atoms with van der Waals surface area (Å²) in [6.45, 7) is 3.16. The second-order valence-electron chi connectivity index (χ2n) is 1.89. The van der Waals surface area contributed by atoms with Crippen LogP contribution in [0.1, 0.15) is 20.3 Å². The van der Waals surface area contributed by atoms with Crippen LogP contribution in [0.15, 0.2) is 11.8 Å². The molecule has 0 aliphatic rings. The van der Waals surface area contributed by atoms with E-state index in [1.165, 1.54) is 6.92 Å². The van der Waals surface area contributed by atoms with Crippen LogP contribution in [0.4, 0.5) is 0 Å². The van der Waals surface area contributed by atoms with Gasteiger partial charge in [0.05, 0.1) is 0 Å². The van der Waals surface area contributed by atoms with E-state index in [1.807, 2.05) is 6.08 Å². The monoisotopic (exact) mass is 206 g/mol. The second-order valence-corrected chi connectivity index (χ2v) is 2.68. The summed E-state index contributed by atoms with van der Waals surface area (Å²) in [6, 6.07) is 0. The Bertz CT molecular complexity index is 141. The van der Waals surface area contributed by atoms with E-state index in [2.05, 4.69) is 15.9 Å². The fourth-order valence-corrected chi connectivity index (χ4v) is 0.755. The first-order valence-electron chi connectivity index (χ1n) is 3.08. The first kappa shape index (κ1) is 9.69. The average molecular weight is 207 g/mol. The second kappa shape index (κ2) is 5.47. The van der Waals surface area contributed by atoms with Gasteiger partial charge in [-0.15, -0.1) is 0 Å². The molecule has 0 amide bonds. The lowest BCUT2D eigenvalue weighted by molar-refractivity contribution is -0.136. The van der Waals surface area contributed by atoms with Crippen molar-refractivity contribution in [3.63, 3.8) is 0 Å². The summed E-state index contributed by atoms with van der Waals surface area (Å²) >= 11 is 3.26. The van der Waals surface area contributed by atoms with Crippen molar-refractivity contribution in [1.82, 2.24) is 0 Å². The van der Waals surface area contributed by atoms with Gasteiger partial charge in [0.1, 0.15) is 5.76 Å². The van der Waals surface area contributed by atoms with Crippen LogP contribution in [-0.4, -0.2) is 11.3 Å². The Morgan fingerprint density at radius 3 is 2.60 bits per heavy atom. The van der Waals surface area contributed by atoms with Crippen LogP contribution in [0.25, 0.3) is 0 Å². The third kappa shape index (κ3) is 5.82. The molecule has 0 aromatic heterocycles. The molecule has 0 aliphatic carbocycles. The highest BCUT2D eigenvalue weighted by molar-refractivity contribution is 9.09. The van der Waals surface area contributed by atoms with Gasteiger partial charge in [-0.05, 0) is 19.4 Å². The maximum absolute atomic E-state index is 10.3. The highest BCUT2D eigenvalue weighted by Gasteiger charge is 1.92. The summed E-state index contributed by atoms with van der Waals surface area (Å²) in [5.74, 6) is 0.412. The minimum Gasteiger partial charge on any atom is -0.432 e. The Labute approximate surface area is 69.4 Å². The van der Waals surface area contributed by atoms with Crippen LogP contribution in [0.2, 0.25) is 0 Å². The van der Waals surface area contributed by atoms with Crippen LogP contribution in [-0.2, 0) is 9.53 Å². The maximum atomic E-state index is 10.3. The highest BCUT2D eigenvalue weighted by atomic mass is 79.9. The number of rotatable bonds is 3. The molecule has 0 aromatic carbocycles. The fraction of sp³-hybridized carbons (Fsp3) is 0.571. The molecule has 58 valence electrons. The Balaban J connectivity index is 3.59. The quantitative estimate of drug-likeness (QED) is 0.403. The van der Waals surface area contributed by atoms with Gasteiger partial charge in [0.15, 0.2) is 0 Å². The van der Waals surface area contributed by atoms with Crippen molar-refractivity contribution in [2.45, 2.75) is 20.3 Å². The van der Waals surface area contributed by atoms with Crippen molar-refractivity contribution in [3.05, 3.63) is 11.8 Å². The molecular formula is C7H11BrO2. The molecule has 0 saturated carbocycles. The van der Waals surface area contributed by atoms with Gasteiger partial charge in [-0.3, -0.25) is 4.79 Å². The zero-order chi connectivity index (χ0) is 7.98. The first-order chi connectivity index (χ1) is 4.66. The van der Waals surface area contributed by atoms with Gasteiger partial charge in [0.25, 0.3) is 0 Å². The third-order valence-electron chi connectivity index (χ3n) is 0.846. The van der Waals surface area contributed by atoms with Crippen molar-refractivity contribution < 1.29 is 9.53 Å². The van der Waals surface area contributed by atoms with Crippen molar-refractivity contribution in [3.8, 4) is 0 Å². The molecule has 0 heterocycles. The third-order valence-corrected chi connectivity index (χ3v) is 1.30. The predicted octanol–water partition coefficient (Wildman–Crippen LogP) is 2.24. The van der Waals surface area contributed by atoms with Gasteiger partial charge in [-0.1, -0.05) is 15.9 Å². The molecule has 0 bridgehead atoms. The number of hydrogen-bond acceptors (Lipinski definition) is 2. The molecule has 0 fully saturated rings. The largest absolute Gasteiger partial charge is 0.432 e. The highest BCUT2D eigenvalue weighted by Crippen LogP contribution is 1.99. The smallest absolute Gasteiger partial charge is 0.307 e. The summed E-state index contributed by atoms with van der Waals surface area (Å²) in [5.41, 5.74) is 0. The lowest BCUT2D eigenvalue weighted by atomic mass is 10.4. The number of hydrogen-bond donors (Lipinski definition) is 0. The van der Waals surface area contributed by atoms with E-state index >= 15 is 0 Å². The molecule has 0 spiro atoms. The molecule has 0 rings (SSSR count). The number of carbonyl (C=O) groups excluding carboxylic acids is 1. The van der Waals surface area contributed by atoms with E-state index in [9.17, 15) is 4.79 Å². The number of halogens is 1. The topological polar surface area (TPSA) is 26.3 Å². The molecule has 0 unspecified atom stereocenters. The van der Waals surface area contributed by atoms with Gasteiger partial charge in [-0.25, -0.2) is 0 Å². The first-order valence-corrected chi connectivity index (χ1v) is 4.20. The summed E-state index contributed by atoms with van der Waals surface area (Å²) in [7, 11) is 0. The number of alkyl halides is 1. The zero-order valence-electron chi connectivity index (χ0n) is 6.19. The zero-order valence-corrected chi connectivity index (χ0v) is 7.77. The Morgan fingerprint density at radius 1 is 1.60 bits per heavy atom. The average Bonchev–Trinajstić information content (AvgIpc) is 1.82. The van der Waals surface area contributed by atoms with Crippen molar-refractivity contribution >= 4 is 21.9 Å². The van der Waals surface area contributed by atoms with Gasteiger partial charge in [0.2, 0.25) is 0 Å². The van der Waals surface area contributed by atoms with Gasteiger partial charge in [0, 0.05) is 12.3 Å². The summed E-state index contributed by atoms with van der Waals surface area (Å²) < 4.78 is 4.75. The van der Waals surface area contributed by atoms with E-state index in [4.69, 9.17) is 4.74 Å². The molecule has 0 radical (unpaired) electrons. The SMILES string of the molecule is CC(=O)O/C(C)=C/CCBr. The Morgan fingerprint density at radius 2 is 2.20 bits per heavy atom. The van der Waals surface area contributed by atoms with E-state index in [-0.39, 0.29) is 5.97 Å². The Kier molecular flexibility index (Phi) is 5.30. The minimum absolute atomic E-state index is 0.261. The summed E-state index contributed by atoms with van der Waals surface area (Å²) in [4.78, 5) is 10.3. The van der Waals surface area contributed by atoms with Gasteiger partial charge >= 0.3 is 5.97 Å². The van der Waals surface area contributed by atoms with Crippen LogP contribution in [0.5, 0.6) is 0 Å². The molecular weight excluding hydrogens is 196 g/mol. The molecule has 10 heavy (non-hydrogen) atoms. The minimum atomic E-state index is -0.261. The lowest BCUT2D eigenvalue weighted by Gasteiger charge is -1.98. The molecule has 0 saturated heterocycles. The summed E-state index contributed by atoms with van der Waals surface area (Å²) in [6.07, 6.45) is 2.76. The summed E-state index contributed by atoms with van der Waals surface area (Å²) in [5, 5.41) is 0.894. The van der Waals surface area contributed by atoms with Crippen LogP contribution in [0, 0.1) is 0 Å². The fourth-order valence-electron chi connectivity index (χ4n) is 0.526. The number of carbonyl (C=O) groups is 1. The lowest BCUT2D eigenvalue weighted by Crippen LogP contribution is -1.95. The van der Waals surface area contributed by atoms with E-state index in [1.54, 1.807) is 6.92 Å². The molecule has 3 heteroatoms. The van der Waals surface area contributed by atoms with Gasteiger partial charge in [-0.2, -0.15) is 0 Å². The Hall–Kier alpha value is -0.310. The van der Waals surface area contributed by atoms with Crippen molar-refractivity contribution in [2.24, 2.45) is 0 Å². The van der Waals surface area contributed by atoms with Crippen molar-refractivity contribution in [2.75, 3.05) is 5.33 Å². The molecule has 0 N–H and O–H groups in total.